The summed E-state index contributed by atoms with van der Waals surface area (Å²) < 4.78 is 35.5. The van der Waals surface area contributed by atoms with E-state index in [1.807, 2.05) is 12.1 Å². The molecule has 0 spiro atoms. The van der Waals surface area contributed by atoms with Crippen LogP contribution in [-0.2, 0) is 6.54 Å². The van der Waals surface area contributed by atoms with Crippen molar-refractivity contribution in [1.29, 1.82) is 0 Å². The van der Waals surface area contributed by atoms with Gasteiger partial charge < -0.3 is 19.4 Å². The molecule has 5 nitrogen and oxygen atoms in total. The normalized spacial score (nSPS) is 21.2. The third kappa shape index (κ3) is 4.23. The standard InChI is InChI=1S/C20H22F2N2O3/c1-12-10-15(12)17-9-8-14(26-17)11-24(13-6-7-13)20(25)23-16-4-2-3-5-18(16)27-19(21)22/h2-5,8-9,12-13,15,19H,6-7,10-11H2,1H3,(H,23,25). The minimum atomic E-state index is -2.95. The van der Waals surface area contributed by atoms with E-state index in [0.29, 0.717) is 18.4 Å². The van der Waals surface area contributed by atoms with Gasteiger partial charge >= 0.3 is 12.6 Å². The Bertz CT molecular complexity index is 819. The quantitative estimate of drug-likeness (QED) is 0.722. The number of amides is 2. The molecule has 2 fully saturated rings. The first-order valence-electron chi connectivity index (χ1n) is 9.21. The number of anilines is 1. The lowest BCUT2D eigenvalue weighted by atomic mass is 10.3. The van der Waals surface area contributed by atoms with Crippen molar-refractivity contribution in [2.24, 2.45) is 5.92 Å². The van der Waals surface area contributed by atoms with E-state index in [4.69, 9.17) is 4.42 Å². The first kappa shape index (κ1) is 17.8. The second-order valence-electron chi connectivity index (χ2n) is 7.29. The number of urea groups is 1. The Morgan fingerprint density at radius 1 is 1.30 bits per heavy atom. The van der Waals surface area contributed by atoms with Gasteiger partial charge in [0.1, 0.15) is 17.3 Å². The van der Waals surface area contributed by atoms with E-state index in [-0.39, 0.29) is 23.5 Å². The molecule has 1 heterocycles. The summed E-state index contributed by atoms with van der Waals surface area (Å²) in [6, 6.07) is 9.87. The fraction of sp³-hybridized carbons (Fsp3) is 0.450. The summed E-state index contributed by atoms with van der Waals surface area (Å²) in [5.41, 5.74) is 0.223. The Hall–Kier alpha value is -2.57. The third-order valence-corrected chi connectivity index (χ3v) is 5.08. The number of halogens is 2. The Morgan fingerprint density at radius 3 is 2.70 bits per heavy atom. The van der Waals surface area contributed by atoms with Crippen LogP contribution in [0.2, 0.25) is 0 Å². The van der Waals surface area contributed by atoms with Crippen LogP contribution >= 0.6 is 0 Å². The van der Waals surface area contributed by atoms with Gasteiger partial charge in [-0.25, -0.2) is 4.79 Å². The lowest BCUT2D eigenvalue weighted by Gasteiger charge is -2.22. The van der Waals surface area contributed by atoms with E-state index in [1.165, 1.54) is 6.07 Å². The SMILES string of the molecule is CC1CC1c1ccc(CN(C(=O)Nc2ccccc2OC(F)F)C2CC2)o1. The fourth-order valence-electron chi connectivity index (χ4n) is 3.27. The Kier molecular flexibility index (Phi) is 4.76. The van der Waals surface area contributed by atoms with Crippen molar-refractivity contribution in [2.45, 2.75) is 51.3 Å². The van der Waals surface area contributed by atoms with Crippen LogP contribution in [0.25, 0.3) is 0 Å². The number of carbonyl (C=O) groups excluding carboxylic acids is 1. The van der Waals surface area contributed by atoms with E-state index < -0.39 is 6.61 Å². The molecule has 1 aromatic heterocycles. The van der Waals surface area contributed by atoms with Crippen molar-refractivity contribution in [2.75, 3.05) is 5.32 Å². The number of alkyl halides is 2. The van der Waals surface area contributed by atoms with Crippen LogP contribution in [0.3, 0.4) is 0 Å². The van der Waals surface area contributed by atoms with Crippen LogP contribution in [0.5, 0.6) is 5.75 Å². The van der Waals surface area contributed by atoms with Gasteiger partial charge in [0.05, 0.1) is 12.2 Å². The fourth-order valence-corrected chi connectivity index (χ4v) is 3.27. The lowest BCUT2D eigenvalue weighted by Crippen LogP contribution is -2.36. The molecule has 4 rings (SSSR count). The summed E-state index contributed by atoms with van der Waals surface area (Å²) in [6.45, 7) is -0.403. The number of hydrogen-bond acceptors (Lipinski definition) is 3. The Morgan fingerprint density at radius 2 is 2.04 bits per heavy atom. The lowest BCUT2D eigenvalue weighted by molar-refractivity contribution is -0.0493. The molecule has 2 atom stereocenters. The number of carbonyl (C=O) groups is 1. The highest BCUT2D eigenvalue weighted by Crippen LogP contribution is 2.47. The number of furan rings is 1. The molecule has 2 saturated carbocycles. The maximum Gasteiger partial charge on any atom is 0.387 e. The molecule has 2 unspecified atom stereocenters. The van der Waals surface area contributed by atoms with E-state index in [1.54, 1.807) is 23.1 Å². The summed E-state index contributed by atoms with van der Waals surface area (Å²) in [5.74, 6) is 2.80. The van der Waals surface area contributed by atoms with Gasteiger partial charge in [0.25, 0.3) is 0 Å². The van der Waals surface area contributed by atoms with Gasteiger partial charge in [-0.15, -0.1) is 0 Å². The molecule has 2 amide bonds. The van der Waals surface area contributed by atoms with Crippen molar-refractivity contribution < 1.29 is 22.7 Å². The van der Waals surface area contributed by atoms with Gasteiger partial charge in [-0.2, -0.15) is 8.78 Å². The molecule has 27 heavy (non-hydrogen) atoms. The number of nitrogens with zero attached hydrogens (tertiary/aromatic N) is 1. The predicted molar refractivity (Wildman–Crippen MR) is 95.9 cm³/mol. The van der Waals surface area contributed by atoms with E-state index in [2.05, 4.69) is 17.0 Å². The highest BCUT2D eigenvalue weighted by Gasteiger charge is 2.37. The molecule has 0 saturated heterocycles. The molecule has 2 aliphatic rings. The topological polar surface area (TPSA) is 54.7 Å². The molecule has 0 radical (unpaired) electrons. The minimum absolute atomic E-state index is 0.0559. The third-order valence-electron chi connectivity index (χ3n) is 5.08. The van der Waals surface area contributed by atoms with Gasteiger partial charge in [-0.1, -0.05) is 19.1 Å². The average molecular weight is 376 g/mol. The summed E-state index contributed by atoms with van der Waals surface area (Å²) in [4.78, 5) is 14.5. The maximum absolute atomic E-state index is 12.8. The molecule has 1 N–H and O–H groups in total. The first-order valence-corrected chi connectivity index (χ1v) is 9.21. The first-order chi connectivity index (χ1) is 13.0. The summed E-state index contributed by atoms with van der Waals surface area (Å²) in [6.07, 6.45) is 2.99. The smallest absolute Gasteiger partial charge is 0.387 e. The number of hydrogen-bond donors (Lipinski definition) is 1. The van der Waals surface area contributed by atoms with Crippen LogP contribution in [0.15, 0.2) is 40.8 Å². The zero-order valence-electron chi connectivity index (χ0n) is 15.0. The molecule has 2 aromatic rings. The maximum atomic E-state index is 12.8. The van der Waals surface area contributed by atoms with Gasteiger partial charge in [-0.3, -0.25) is 0 Å². The van der Waals surface area contributed by atoms with Crippen molar-refractivity contribution in [3.63, 3.8) is 0 Å². The van der Waals surface area contributed by atoms with Crippen LogP contribution in [0, 0.1) is 5.92 Å². The highest BCUT2D eigenvalue weighted by molar-refractivity contribution is 5.91. The summed E-state index contributed by atoms with van der Waals surface area (Å²) >= 11 is 0. The average Bonchev–Trinajstić information content (AvgIpc) is 3.54. The number of rotatable bonds is 7. The highest BCUT2D eigenvalue weighted by atomic mass is 19.3. The summed E-state index contributed by atoms with van der Waals surface area (Å²) in [5, 5.41) is 2.69. The molecule has 2 aliphatic carbocycles. The zero-order valence-corrected chi connectivity index (χ0v) is 15.0. The second kappa shape index (κ2) is 7.21. The molecular weight excluding hydrogens is 354 g/mol. The van der Waals surface area contributed by atoms with Crippen LogP contribution in [0.1, 0.15) is 43.6 Å². The number of para-hydroxylation sites is 2. The van der Waals surface area contributed by atoms with E-state index in [9.17, 15) is 13.6 Å². The summed E-state index contributed by atoms with van der Waals surface area (Å²) in [7, 11) is 0. The Labute approximate surface area is 156 Å². The van der Waals surface area contributed by atoms with Crippen molar-refractivity contribution in [3.8, 4) is 5.75 Å². The molecular formula is C20H22F2N2O3. The van der Waals surface area contributed by atoms with Gasteiger partial charge in [-0.05, 0) is 49.4 Å². The van der Waals surface area contributed by atoms with Gasteiger partial charge in [0, 0.05) is 12.0 Å². The van der Waals surface area contributed by atoms with Crippen molar-refractivity contribution >= 4 is 11.7 Å². The zero-order chi connectivity index (χ0) is 19.0. The molecule has 144 valence electrons. The van der Waals surface area contributed by atoms with Crippen LogP contribution < -0.4 is 10.1 Å². The van der Waals surface area contributed by atoms with Gasteiger partial charge in [0.2, 0.25) is 0 Å². The number of nitrogens with one attached hydrogen (secondary N) is 1. The van der Waals surface area contributed by atoms with Crippen LogP contribution in [0.4, 0.5) is 19.3 Å². The van der Waals surface area contributed by atoms with E-state index in [0.717, 1.165) is 30.8 Å². The minimum Gasteiger partial charge on any atom is -0.464 e. The molecule has 0 aliphatic heterocycles. The number of benzene rings is 1. The van der Waals surface area contributed by atoms with Gasteiger partial charge in [0.15, 0.2) is 0 Å². The van der Waals surface area contributed by atoms with Crippen molar-refractivity contribution in [1.82, 2.24) is 4.90 Å². The molecule has 1 aromatic carbocycles. The second-order valence-corrected chi connectivity index (χ2v) is 7.29. The predicted octanol–water partition coefficient (Wildman–Crippen LogP) is 5.20. The van der Waals surface area contributed by atoms with E-state index >= 15 is 0 Å². The molecule has 7 heteroatoms. The molecule has 0 bridgehead atoms. The van der Waals surface area contributed by atoms with Crippen molar-refractivity contribution in [3.05, 3.63) is 47.9 Å². The monoisotopic (exact) mass is 376 g/mol. The Balaban J connectivity index is 1.45. The number of ether oxygens (including phenoxy) is 1. The largest absolute Gasteiger partial charge is 0.464 e. The van der Waals surface area contributed by atoms with Crippen LogP contribution in [-0.4, -0.2) is 23.6 Å².